The number of para-hydroxylation sites is 2. The van der Waals surface area contributed by atoms with Crippen molar-refractivity contribution in [3.63, 3.8) is 0 Å². The largest absolute Gasteiger partial charge is 0.353 e. The van der Waals surface area contributed by atoms with Crippen molar-refractivity contribution in [2.45, 2.75) is 0 Å². The first-order chi connectivity index (χ1) is 15.5. The zero-order valence-electron chi connectivity index (χ0n) is 16.9. The lowest BCUT2D eigenvalue weighted by atomic mass is 10.1. The minimum absolute atomic E-state index is 0.0493. The summed E-state index contributed by atoms with van der Waals surface area (Å²) in [7, 11) is 0. The van der Waals surface area contributed by atoms with Crippen LogP contribution in [0, 0.1) is 34.5 Å². The van der Waals surface area contributed by atoms with E-state index in [-0.39, 0.29) is 23.1 Å². The molecule has 10 heteroatoms. The van der Waals surface area contributed by atoms with Crippen LogP contribution in [0.5, 0.6) is 0 Å². The summed E-state index contributed by atoms with van der Waals surface area (Å²) in [5.41, 5.74) is 1.33. The van der Waals surface area contributed by atoms with Crippen LogP contribution in [-0.2, 0) is 9.59 Å². The zero-order chi connectivity index (χ0) is 23.3. The maximum Gasteiger partial charge on any atom is 0.244 e. The number of anilines is 2. The number of thiocarbonyl (C=S) groups is 2. The molecule has 32 heavy (non-hydrogen) atoms. The summed E-state index contributed by atoms with van der Waals surface area (Å²) in [4.78, 5) is 24.7. The van der Waals surface area contributed by atoms with Crippen LogP contribution in [0.3, 0.4) is 0 Å². The van der Waals surface area contributed by atoms with Crippen LogP contribution in [0.25, 0.3) is 0 Å². The Morgan fingerprint density at radius 3 is 1.38 bits per heavy atom. The van der Waals surface area contributed by atoms with Gasteiger partial charge in [-0.3, -0.25) is 9.59 Å². The van der Waals surface area contributed by atoms with E-state index < -0.39 is 23.7 Å². The van der Waals surface area contributed by atoms with Crippen LogP contribution in [0.2, 0.25) is 0 Å². The molecule has 8 nitrogen and oxygen atoms in total. The Bertz CT molecular complexity index is 962. The molecule has 0 aliphatic rings. The van der Waals surface area contributed by atoms with Crippen LogP contribution in [-0.4, -0.2) is 34.9 Å². The summed E-state index contributed by atoms with van der Waals surface area (Å²) in [5, 5.41) is 29.4. The second-order valence-electron chi connectivity index (χ2n) is 6.42. The number of hydrogen-bond acceptors (Lipinski definition) is 6. The second kappa shape index (κ2) is 12.7. The standard InChI is InChI=1S/C22H20N6O2S2/c23-13-17(21(31)27-15-7-3-1-4-8-15)19(29)25-11-12-26-20(30)18(14-24)22(32)28-16-9-5-2-6-10-16/h1-10,17-18H,11-12H2,(H,25,29)(H,26,30)(H,27,31)(H,28,32). The van der Waals surface area contributed by atoms with Gasteiger partial charge in [0.15, 0.2) is 11.8 Å². The van der Waals surface area contributed by atoms with Gasteiger partial charge in [-0.2, -0.15) is 10.5 Å². The summed E-state index contributed by atoms with van der Waals surface area (Å²) in [6.07, 6.45) is 0. The molecule has 0 aliphatic heterocycles. The van der Waals surface area contributed by atoms with Crippen molar-refractivity contribution in [2.24, 2.45) is 11.8 Å². The molecule has 0 spiro atoms. The van der Waals surface area contributed by atoms with E-state index in [4.69, 9.17) is 24.4 Å². The van der Waals surface area contributed by atoms with E-state index in [1.165, 1.54) is 0 Å². The van der Waals surface area contributed by atoms with Gasteiger partial charge in [0.1, 0.15) is 9.98 Å². The Labute approximate surface area is 196 Å². The molecule has 0 heterocycles. The third kappa shape index (κ3) is 7.43. The van der Waals surface area contributed by atoms with Gasteiger partial charge in [-0.1, -0.05) is 60.8 Å². The van der Waals surface area contributed by atoms with Crippen molar-refractivity contribution in [1.29, 1.82) is 10.5 Å². The van der Waals surface area contributed by atoms with Gasteiger partial charge in [-0.05, 0) is 24.3 Å². The third-order valence-electron chi connectivity index (χ3n) is 4.11. The maximum atomic E-state index is 12.3. The highest BCUT2D eigenvalue weighted by Crippen LogP contribution is 2.10. The predicted octanol–water partition coefficient (Wildman–Crippen LogP) is 2.38. The van der Waals surface area contributed by atoms with Crippen molar-refractivity contribution in [3.05, 3.63) is 60.7 Å². The number of nitriles is 2. The molecule has 0 saturated carbocycles. The molecule has 2 aromatic carbocycles. The first kappa shape index (κ1) is 24.4. The predicted molar refractivity (Wildman–Crippen MR) is 130 cm³/mol. The van der Waals surface area contributed by atoms with Crippen molar-refractivity contribution < 1.29 is 9.59 Å². The smallest absolute Gasteiger partial charge is 0.244 e. The van der Waals surface area contributed by atoms with Gasteiger partial charge in [0.2, 0.25) is 11.8 Å². The highest BCUT2D eigenvalue weighted by atomic mass is 32.1. The normalized spacial score (nSPS) is 11.6. The van der Waals surface area contributed by atoms with Crippen LogP contribution in [0.15, 0.2) is 60.7 Å². The molecule has 0 fully saturated rings. The molecule has 0 radical (unpaired) electrons. The van der Waals surface area contributed by atoms with Gasteiger partial charge in [-0.15, -0.1) is 0 Å². The minimum Gasteiger partial charge on any atom is -0.353 e. The van der Waals surface area contributed by atoms with Crippen molar-refractivity contribution in [1.82, 2.24) is 10.6 Å². The molecule has 4 N–H and O–H groups in total. The average molecular weight is 465 g/mol. The lowest BCUT2D eigenvalue weighted by molar-refractivity contribution is -0.123. The van der Waals surface area contributed by atoms with E-state index in [1.54, 1.807) is 48.5 Å². The Morgan fingerprint density at radius 2 is 1.06 bits per heavy atom. The molecule has 0 bridgehead atoms. The number of nitrogens with one attached hydrogen (secondary N) is 4. The van der Waals surface area contributed by atoms with Crippen molar-refractivity contribution in [3.8, 4) is 12.1 Å². The van der Waals surface area contributed by atoms with E-state index in [2.05, 4.69) is 21.3 Å². The quantitative estimate of drug-likeness (QED) is 0.329. The molecule has 2 unspecified atom stereocenters. The number of carbonyl (C=O) groups excluding carboxylic acids is 2. The molecule has 0 aliphatic carbocycles. The summed E-state index contributed by atoms with van der Waals surface area (Å²) in [5.74, 6) is -3.55. The molecule has 0 saturated heterocycles. The van der Waals surface area contributed by atoms with Crippen molar-refractivity contribution >= 4 is 57.6 Å². The van der Waals surface area contributed by atoms with E-state index in [1.807, 2.05) is 24.3 Å². The Morgan fingerprint density at radius 1 is 0.719 bits per heavy atom. The number of amides is 2. The van der Waals surface area contributed by atoms with Crippen LogP contribution >= 0.6 is 24.4 Å². The highest BCUT2D eigenvalue weighted by Gasteiger charge is 2.24. The van der Waals surface area contributed by atoms with E-state index in [9.17, 15) is 20.1 Å². The number of carbonyl (C=O) groups is 2. The van der Waals surface area contributed by atoms with E-state index in [0.29, 0.717) is 11.4 Å². The fourth-order valence-corrected chi connectivity index (χ4v) is 3.08. The minimum atomic E-state index is -1.18. The molecular weight excluding hydrogens is 444 g/mol. The first-order valence-electron chi connectivity index (χ1n) is 9.52. The van der Waals surface area contributed by atoms with Crippen LogP contribution in [0.4, 0.5) is 11.4 Å². The Kier molecular flexibility index (Phi) is 9.72. The molecular formula is C22H20N6O2S2. The first-order valence-corrected chi connectivity index (χ1v) is 10.3. The Balaban J connectivity index is 1.79. The molecule has 0 aromatic heterocycles. The van der Waals surface area contributed by atoms with E-state index >= 15 is 0 Å². The van der Waals surface area contributed by atoms with Gasteiger partial charge in [0.05, 0.1) is 12.1 Å². The summed E-state index contributed by atoms with van der Waals surface area (Å²) < 4.78 is 0. The summed E-state index contributed by atoms with van der Waals surface area (Å²) in [6, 6.07) is 21.6. The van der Waals surface area contributed by atoms with Gasteiger partial charge in [0.25, 0.3) is 0 Å². The maximum absolute atomic E-state index is 12.3. The fraction of sp³-hybridized carbons (Fsp3) is 0.182. The third-order valence-corrected chi connectivity index (χ3v) is 4.79. The molecule has 2 atom stereocenters. The lowest BCUT2D eigenvalue weighted by Crippen LogP contribution is -2.43. The Hall–Kier alpha value is -3.86. The number of benzene rings is 2. The summed E-state index contributed by atoms with van der Waals surface area (Å²) >= 11 is 10.3. The SMILES string of the molecule is N#CC(C(=O)NCCNC(=O)C(C#N)C(=S)Nc1ccccc1)C(=S)Nc1ccccc1. The zero-order valence-corrected chi connectivity index (χ0v) is 18.5. The molecule has 2 amide bonds. The van der Waals surface area contributed by atoms with E-state index in [0.717, 1.165) is 0 Å². The molecule has 2 rings (SSSR count). The number of rotatable bonds is 9. The number of hydrogen-bond donors (Lipinski definition) is 4. The monoisotopic (exact) mass is 464 g/mol. The lowest BCUT2D eigenvalue weighted by Gasteiger charge is -2.15. The van der Waals surface area contributed by atoms with Gasteiger partial charge in [0, 0.05) is 24.5 Å². The van der Waals surface area contributed by atoms with Gasteiger partial charge >= 0.3 is 0 Å². The average Bonchev–Trinajstić information content (AvgIpc) is 2.79. The fourth-order valence-electron chi connectivity index (χ4n) is 2.52. The van der Waals surface area contributed by atoms with Crippen molar-refractivity contribution in [2.75, 3.05) is 23.7 Å². The molecule has 2 aromatic rings. The summed E-state index contributed by atoms with van der Waals surface area (Å²) in [6.45, 7) is 0.0987. The van der Waals surface area contributed by atoms with Gasteiger partial charge in [-0.25, -0.2) is 0 Å². The topological polar surface area (TPSA) is 130 Å². The van der Waals surface area contributed by atoms with Crippen LogP contribution < -0.4 is 21.3 Å². The van der Waals surface area contributed by atoms with Gasteiger partial charge < -0.3 is 21.3 Å². The molecule has 162 valence electrons. The number of nitrogens with zero attached hydrogens (tertiary/aromatic N) is 2. The highest BCUT2D eigenvalue weighted by molar-refractivity contribution is 7.81. The van der Waals surface area contributed by atoms with Crippen LogP contribution in [0.1, 0.15) is 0 Å². The second-order valence-corrected chi connectivity index (χ2v) is 7.30.